The fraction of sp³-hybridized carbons (Fsp3) is 0.278. The fourth-order valence-electron chi connectivity index (χ4n) is 2.61. The van der Waals surface area contributed by atoms with Crippen LogP contribution in [-0.2, 0) is 4.79 Å². The maximum absolute atomic E-state index is 12.2. The van der Waals surface area contributed by atoms with E-state index in [1.807, 2.05) is 42.5 Å². The summed E-state index contributed by atoms with van der Waals surface area (Å²) in [6.45, 7) is 2.56. The van der Waals surface area contributed by atoms with Gasteiger partial charge in [0.1, 0.15) is 0 Å². The van der Waals surface area contributed by atoms with Crippen molar-refractivity contribution in [3.8, 4) is 0 Å². The zero-order valence-electron chi connectivity index (χ0n) is 12.5. The van der Waals surface area contributed by atoms with E-state index in [4.69, 9.17) is 0 Å². The number of nitrogens with zero attached hydrogens (tertiary/aromatic N) is 1. The molecule has 3 nitrogen and oxygen atoms in total. The van der Waals surface area contributed by atoms with Crippen molar-refractivity contribution < 1.29 is 4.79 Å². The smallest absolute Gasteiger partial charge is 0.238 e. The van der Waals surface area contributed by atoms with Gasteiger partial charge in [-0.1, -0.05) is 42.1 Å². The van der Waals surface area contributed by atoms with Crippen LogP contribution in [0.2, 0.25) is 0 Å². The van der Waals surface area contributed by atoms with E-state index < -0.39 is 0 Å². The number of hydrogen-bond donors (Lipinski definition) is 1. The first-order valence-electron chi connectivity index (χ1n) is 7.65. The molecule has 1 aliphatic heterocycles. The number of benzene rings is 2. The molecule has 1 N–H and O–H groups in total. The maximum atomic E-state index is 12.2. The van der Waals surface area contributed by atoms with Crippen molar-refractivity contribution in [1.82, 2.24) is 4.90 Å². The summed E-state index contributed by atoms with van der Waals surface area (Å²) < 4.78 is 0. The number of para-hydroxylation sites is 1. The Morgan fingerprint density at radius 1 is 1.00 bits per heavy atom. The van der Waals surface area contributed by atoms with Crippen LogP contribution in [-0.4, -0.2) is 30.4 Å². The Hall–Kier alpha value is -1.78. The van der Waals surface area contributed by atoms with Gasteiger partial charge in [0.2, 0.25) is 5.91 Å². The monoisotopic (exact) mass is 312 g/mol. The van der Waals surface area contributed by atoms with Gasteiger partial charge in [0.05, 0.1) is 12.2 Å². The highest BCUT2D eigenvalue weighted by Crippen LogP contribution is 2.33. The Labute approximate surface area is 135 Å². The zero-order valence-corrected chi connectivity index (χ0v) is 13.3. The lowest BCUT2D eigenvalue weighted by Gasteiger charge is -2.15. The second-order valence-corrected chi connectivity index (χ2v) is 6.56. The highest BCUT2D eigenvalue weighted by atomic mass is 32.2. The summed E-state index contributed by atoms with van der Waals surface area (Å²) in [5.41, 5.74) is 0.889. The van der Waals surface area contributed by atoms with Gasteiger partial charge in [0.25, 0.3) is 0 Å². The van der Waals surface area contributed by atoms with Crippen LogP contribution in [0, 0.1) is 0 Å². The Balaban J connectivity index is 1.66. The fourth-order valence-corrected chi connectivity index (χ4v) is 3.53. The molecule has 0 bridgehead atoms. The third kappa shape index (κ3) is 4.12. The van der Waals surface area contributed by atoms with E-state index in [1.54, 1.807) is 11.8 Å². The van der Waals surface area contributed by atoms with Gasteiger partial charge in [0, 0.05) is 9.79 Å². The molecule has 0 atom stereocenters. The first-order chi connectivity index (χ1) is 10.8. The SMILES string of the molecule is O=C(CN1CCCC1)Nc1ccccc1Sc1ccccc1. The van der Waals surface area contributed by atoms with Crippen LogP contribution in [0.1, 0.15) is 12.8 Å². The van der Waals surface area contributed by atoms with Crippen LogP contribution in [0.4, 0.5) is 5.69 Å². The highest BCUT2D eigenvalue weighted by molar-refractivity contribution is 7.99. The lowest BCUT2D eigenvalue weighted by atomic mass is 10.3. The molecule has 114 valence electrons. The molecule has 3 rings (SSSR count). The van der Waals surface area contributed by atoms with Crippen molar-refractivity contribution in [2.24, 2.45) is 0 Å². The number of likely N-dealkylation sites (tertiary alicyclic amines) is 1. The van der Waals surface area contributed by atoms with Crippen LogP contribution >= 0.6 is 11.8 Å². The van der Waals surface area contributed by atoms with Gasteiger partial charge in [-0.3, -0.25) is 9.69 Å². The lowest BCUT2D eigenvalue weighted by molar-refractivity contribution is -0.117. The average Bonchev–Trinajstić information content (AvgIpc) is 3.03. The Bertz CT molecular complexity index is 624. The molecule has 0 radical (unpaired) electrons. The Kier molecular flexibility index (Phi) is 5.14. The minimum absolute atomic E-state index is 0.0722. The first-order valence-corrected chi connectivity index (χ1v) is 8.47. The Morgan fingerprint density at radius 2 is 1.68 bits per heavy atom. The third-order valence-electron chi connectivity index (χ3n) is 3.70. The van der Waals surface area contributed by atoms with E-state index in [0.717, 1.165) is 23.7 Å². The Morgan fingerprint density at radius 3 is 2.45 bits per heavy atom. The minimum atomic E-state index is 0.0722. The van der Waals surface area contributed by atoms with E-state index in [-0.39, 0.29) is 5.91 Å². The number of carbonyl (C=O) groups is 1. The molecule has 1 fully saturated rings. The maximum Gasteiger partial charge on any atom is 0.238 e. The van der Waals surface area contributed by atoms with Crippen LogP contribution in [0.3, 0.4) is 0 Å². The largest absolute Gasteiger partial charge is 0.324 e. The van der Waals surface area contributed by atoms with E-state index in [0.29, 0.717) is 6.54 Å². The summed E-state index contributed by atoms with van der Waals surface area (Å²) in [6.07, 6.45) is 2.40. The van der Waals surface area contributed by atoms with Gasteiger partial charge in [-0.25, -0.2) is 0 Å². The first kappa shape index (κ1) is 15.1. The number of nitrogens with one attached hydrogen (secondary N) is 1. The number of amides is 1. The molecule has 0 aliphatic carbocycles. The topological polar surface area (TPSA) is 32.3 Å². The summed E-state index contributed by atoms with van der Waals surface area (Å²) in [5, 5.41) is 3.06. The standard InChI is InChI=1S/C18H20N2OS/c21-18(14-20-12-6-7-13-20)19-16-10-4-5-11-17(16)22-15-8-2-1-3-9-15/h1-5,8-11H,6-7,12-14H2,(H,19,21). The zero-order chi connectivity index (χ0) is 15.2. The molecule has 2 aromatic carbocycles. The van der Waals surface area contributed by atoms with Gasteiger partial charge in [-0.15, -0.1) is 0 Å². The van der Waals surface area contributed by atoms with Crippen molar-refractivity contribution in [1.29, 1.82) is 0 Å². The van der Waals surface area contributed by atoms with Crippen molar-refractivity contribution in [3.05, 3.63) is 54.6 Å². The molecule has 1 amide bonds. The minimum Gasteiger partial charge on any atom is -0.324 e. The number of hydrogen-bond acceptors (Lipinski definition) is 3. The number of anilines is 1. The normalized spacial score (nSPS) is 14.9. The molecule has 1 heterocycles. The van der Waals surface area contributed by atoms with Gasteiger partial charge < -0.3 is 5.32 Å². The van der Waals surface area contributed by atoms with Crippen LogP contribution < -0.4 is 5.32 Å². The molecule has 1 saturated heterocycles. The molecule has 0 aromatic heterocycles. The van der Waals surface area contributed by atoms with Crippen molar-refractivity contribution in [2.75, 3.05) is 25.0 Å². The molecule has 1 aliphatic rings. The van der Waals surface area contributed by atoms with Gasteiger partial charge in [-0.05, 0) is 50.2 Å². The van der Waals surface area contributed by atoms with Gasteiger partial charge in [0.15, 0.2) is 0 Å². The molecule has 2 aromatic rings. The summed E-state index contributed by atoms with van der Waals surface area (Å²) in [7, 11) is 0. The van der Waals surface area contributed by atoms with Gasteiger partial charge in [-0.2, -0.15) is 0 Å². The number of carbonyl (C=O) groups excluding carboxylic acids is 1. The number of rotatable bonds is 5. The van der Waals surface area contributed by atoms with Crippen molar-refractivity contribution in [3.63, 3.8) is 0 Å². The molecular formula is C18H20N2OS. The van der Waals surface area contributed by atoms with Crippen molar-refractivity contribution in [2.45, 2.75) is 22.6 Å². The van der Waals surface area contributed by atoms with E-state index >= 15 is 0 Å². The van der Waals surface area contributed by atoms with Crippen LogP contribution in [0.15, 0.2) is 64.4 Å². The predicted octanol–water partition coefficient (Wildman–Crippen LogP) is 3.87. The van der Waals surface area contributed by atoms with Gasteiger partial charge >= 0.3 is 0 Å². The molecule has 0 spiro atoms. The van der Waals surface area contributed by atoms with Crippen LogP contribution in [0.25, 0.3) is 0 Å². The molecule has 22 heavy (non-hydrogen) atoms. The summed E-state index contributed by atoms with van der Waals surface area (Å²) in [5.74, 6) is 0.0722. The summed E-state index contributed by atoms with van der Waals surface area (Å²) in [4.78, 5) is 16.7. The van der Waals surface area contributed by atoms with Crippen LogP contribution in [0.5, 0.6) is 0 Å². The lowest BCUT2D eigenvalue weighted by Crippen LogP contribution is -2.31. The molecule has 0 saturated carbocycles. The highest BCUT2D eigenvalue weighted by Gasteiger charge is 2.16. The van der Waals surface area contributed by atoms with E-state index in [9.17, 15) is 4.79 Å². The summed E-state index contributed by atoms with van der Waals surface area (Å²) in [6, 6.07) is 18.2. The van der Waals surface area contributed by atoms with E-state index in [2.05, 4.69) is 22.3 Å². The van der Waals surface area contributed by atoms with E-state index in [1.165, 1.54) is 17.7 Å². The average molecular weight is 312 g/mol. The second kappa shape index (κ2) is 7.47. The molecule has 0 unspecified atom stereocenters. The predicted molar refractivity (Wildman–Crippen MR) is 91.3 cm³/mol. The third-order valence-corrected chi connectivity index (χ3v) is 4.78. The second-order valence-electron chi connectivity index (χ2n) is 5.44. The van der Waals surface area contributed by atoms with Crippen molar-refractivity contribution >= 4 is 23.4 Å². The molecular weight excluding hydrogens is 292 g/mol. The summed E-state index contributed by atoms with van der Waals surface area (Å²) >= 11 is 1.67. The quantitative estimate of drug-likeness (QED) is 0.909. The molecule has 4 heteroatoms.